The molecule has 0 fully saturated rings. The summed E-state index contributed by atoms with van der Waals surface area (Å²) in [6.45, 7) is 3.54. The van der Waals surface area contributed by atoms with Gasteiger partial charge in [-0.05, 0) is 26.0 Å². The number of alkyl halides is 3. The third kappa shape index (κ3) is 3.32. The maximum atomic E-state index is 13.8. The standard InChI is InChI=1S/C13H15F4N/c1-3-4-8-11(18-2)9-6-5-7-10(12(9)14)13(15,16)17/h3,5-7,11,18H,1,4,8H2,2H3. The van der Waals surface area contributed by atoms with Crippen LogP contribution in [-0.4, -0.2) is 7.05 Å². The molecule has 1 rings (SSSR count). The zero-order valence-electron chi connectivity index (χ0n) is 10.0. The van der Waals surface area contributed by atoms with Crippen LogP contribution in [0.5, 0.6) is 0 Å². The summed E-state index contributed by atoms with van der Waals surface area (Å²) in [4.78, 5) is 0. The summed E-state index contributed by atoms with van der Waals surface area (Å²) in [6.07, 6.45) is -1.92. The molecule has 18 heavy (non-hydrogen) atoms. The van der Waals surface area contributed by atoms with Gasteiger partial charge in [0.2, 0.25) is 0 Å². The molecule has 5 heteroatoms. The number of hydrogen-bond acceptors (Lipinski definition) is 1. The molecule has 0 aliphatic rings. The first-order valence-corrected chi connectivity index (χ1v) is 5.55. The third-order valence-electron chi connectivity index (χ3n) is 2.72. The van der Waals surface area contributed by atoms with Gasteiger partial charge in [0, 0.05) is 11.6 Å². The van der Waals surface area contributed by atoms with E-state index in [0.29, 0.717) is 12.8 Å². The van der Waals surface area contributed by atoms with Crippen LogP contribution in [0, 0.1) is 5.82 Å². The Morgan fingerprint density at radius 3 is 2.56 bits per heavy atom. The van der Waals surface area contributed by atoms with Crippen LogP contribution in [0.25, 0.3) is 0 Å². The predicted octanol–water partition coefficient (Wildman–Crippen LogP) is 4.07. The third-order valence-corrected chi connectivity index (χ3v) is 2.72. The van der Waals surface area contributed by atoms with Gasteiger partial charge in [-0.2, -0.15) is 13.2 Å². The maximum absolute atomic E-state index is 13.8. The van der Waals surface area contributed by atoms with Crippen LogP contribution >= 0.6 is 0 Å². The van der Waals surface area contributed by atoms with Crippen LogP contribution in [0.4, 0.5) is 17.6 Å². The van der Waals surface area contributed by atoms with Gasteiger partial charge in [-0.25, -0.2) is 4.39 Å². The Morgan fingerprint density at radius 1 is 1.39 bits per heavy atom. The van der Waals surface area contributed by atoms with Crippen molar-refractivity contribution in [3.63, 3.8) is 0 Å². The molecule has 0 saturated heterocycles. The van der Waals surface area contributed by atoms with Crippen LogP contribution in [0.3, 0.4) is 0 Å². The Hall–Kier alpha value is -1.36. The summed E-state index contributed by atoms with van der Waals surface area (Å²) in [6, 6.07) is 2.89. The molecule has 0 saturated carbocycles. The molecule has 1 aromatic carbocycles. The average molecular weight is 261 g/mol. The highest BCUT2D eigenvalue weighted by Gasteiger charge is 2.35. The van der Waals surface area contributed by atoms with Crippen molar-refractivity contribution in [3.05, 3.63) is 47.8 Å². The summed E-state index contributed by atoms with van der Waals surface area (Å²) < 4.78 is 51.6. The molecule has 1 unspecified atom stereocenters. The van der Waals surface area contributed by atoms with Crippen molar-refractivity contribution in [2.45, 2.75) is 25.1 Å². The molecular weight excluding hydrogens is 246 g/mol. The molecule has 0 aliphatic carbocycles. The molecule has 1 aromatic rings. The fourth-order valence-corrected chi connectivity index (χ4v) is 1.78. The number of allylic oxidation sites excluding steroid dienone is 1. The van der Waals surface area contributed by atoms with E-state index in [9.17, 15) is 17.6 Å². The van der Waals surface area contributed by atoms with Crippen molar-refractivity contribution >= 4 is 0 Å². The fraction of sp³-hybridized carbons (Fsp3) is 0.385. The number of nitrogens with one attached hydrogen (secondary N) is 1. The van der Waals surface area contributed by atoms with Gasteiger partial charge in [-0.1, -0.05) is 18.2 Å². The van der Waals surface area contributed by atoms with E-state index in [1.165, 1.54) is 12.1 Å². The molecule has 0 bridgehead atoms. The van der Waals surface area contributed by atoms with Crippen molar-refractivity contribution in [1.82, 2.24) is 5.32 Å². The van der Waals surface area contributed by atoms with E-state index in [4.69, 9.17) is 0 Å². The fourth-order valence-electron chi connectivity index (χ4n) is 1.78. The molecule has 0 amide bonds. The molecule has 100 valence electrons. The molecular formula is C13H15F4N. The number of hydrogen-bond donors (Lipinski definition) is 1. The first-order chi connectivity index (χ1) is 8.41. The quantitative estimate of drug-likeness (QED) is 0.622. The zero-order chi connectivity index (χ0) is 13.8. The Balaban J connectivity index is 3.12. The van der Waals surface area contributed by atoms with Crippen LogP contribution < -0.4 is 5.32 Å². The van der Waals surface area contributed by atoms with Crippen LogP contribution in [-0.2, 0) is 6.18 Å². The molecule has 1 N–H and O–H groups in total. The lowest BCUT2D eigenvalue weighted by molar-refractivity contribution is -0.140. The second-order valence-corrected chi connectivity index (χ2v) is 3.91. The average Bonchev–Trinajstić information content (AvgIpc) is 2.30. The van der Waals surface area contributed by atoms with E-state index in [-0.39, 0.29) is 5.56 Å². The van der Waals surface area contributed by atoms with Crippen LogP contribution in [0.2, 0.25) is 0 Å². The lowest BCUT2D eigenvalue weighted by atomic mass is 9.99. The highest BCUT2D eigenvalue weighted by Crippen LogP contribution is 2.34. The van der Waals surface area contributed by atoms with Crippen molar-refractivity contribution < 1.29 is 17.6 Å². The van der Waals surface area contributed by atoms with Gasteiger partial charge in [0.15, 0.2) is 0 Å². The first-order valence-electron chi connectivity index (χ1n) is 5.55. The van der Waals surface area contributed by atoms with Crippen molar-refractivity contribution in [2.75, 3.05) is 7.05 Å². The Bertz CT molecular complexity index is 412. The minimum atomic E-state index is -4.67. The van der Waals surface area contributed by atoms with E-state index >= 15 is 0 Å². The van der Waals surface area contributed by atoms with Gasteiger partial charge in [0.25, 0.3) is 0 Å². The largest absolute Gasteiger partial charge is 0.419 e. The smallest absolute Gasteiger partial charge is 0.313 e. The first kappa shape index (κ1) is 14.7. The van der Waals surface area contributed by atoms with Crippen molar-refractivity contribution in [1.29, 1.82) is 0 Å². The SMILES string of the molecule is C=CCCC(NC)c1cccc(C(F)(F)F)c1F. The Labute approximate surface area is 104 Å². The second-order valence-electron chi connectivity index (χ2n) is 3.91. The van der Waals surface area contributed by atoms with Gasteiger partial charge in [-0.15, -0.1) is 6.58 Å². The molecule has 1 nitrogen and oxygen atoms in total. The predicted molar refractivity (Wildman–Crippen MR) is 62.6 cm³/mol. The van der Waals surface area contributed by atoms with Gasteiger partial charge in [-0.3, -0.25) is 0 Å². The summed E-state index contributed by atoms with van der Waals surface area (Å²) >= 11 is 0. The number of halogens is 4. The summed E-state index contributed by atoms with van der Waals surface area (Å²) in [5.41, 5.74) is -1.19. The molecule has 1 atom stereocenters. The minimum Gasteiger partial charge on any atom is -0.313 e. The number of rotatable bonds is 5. The van der Waals surface area contributed by atoms with Crippen LogP contribution in [0.1, 0.15) is 30.0 Å². The second kappa shape index (κ2) is 6.00. The maximum Gasteiger partial charge on any atom is 0.419 e. The van der Waals surface area contributed by atoms with Gasteiger partial charge in [0.1, 0.15) is 5.82 Å². The van der Waals surface area contributed by atoms with E-state index in [2.05, 4.69) is 11.9 Å². The highest BCUT2D eigenvalue weighted by atomic mass is 19.4. The van der Waals surface area contributed by atoms with E-state index in [0.717, 1.165) is 6.07 Å². The highest BCUT2D eigenvalue weighted by molar-refractivity contribution is 5.30. The Morgan fingerprint density at radius 2 is 2.06 bits per heavy atom. The van der Waals surface area contributed by atoms with Gasteiger partial charge in [0.05, 0.1) is 5.56 Å². The summed E-state index contributed by atoms with van der Waals surface area (Å²) in [7, 11) is 1.59. The molecule has 0 radical (unpaired) electrons. The lowest BCUT2D eigenvalue weighted by Gasteiger charge is -2.19. The van der Waals surface area contributed by atoms with Gasteiger partial charge < -0.3 is 5.32 Å². The van der Waals surface area contributed by atoms with E-state index in [1.807, 2.05) is 0 Å². The monoisotopic (exact) mass is 261 g/mol. The normalized spacial score (nSPS) is 13.4. The molecule has 0 spiro atoms. The lowest BCUT2D eigenvalue weighted by Crippen LogP contribution is -2.19. The topological polar surface area (TPSA) is 12.0 Å². The van der Waals surface area contributed by atoms with Crippen molar-refractivity contribution in [3.8, 4) is 0 Å². The number of benzene rings is 1. The zero-order valence-corrected chi connectivity index (χ0v) is 10.0. The van der Waals surface area contributed by atoms with Gasteiger partial charge >= 0.3 is 6.18 Å². The summed E-state index contributed by atoms with van der Waals surface area (Å²) in [5.74, 6) is -1.20. The minimum absolute atomic E-state index is 0.0363. The molecule has 0 aliphatic heterocycles. The summed E-state index contributed by atoms with van der Waals surface area (Å²) in [5, 5.41) is 2.82. The Kier molecular flexibility index (Phi) is 4.90. The molecule has 0 heterocycles. The van der Waals surface area contributed by atoms with E-state index in [1.54, 1.807) is 13.1 Å². The van der Waals surface area contributed by atoms with Crippen LogP contribution in [0.15, 0.2) is 30.9 Å². The molecule has 0 aromatic heterocycles. The van der Waals surface area contributed by atoms with Crippen molar-refractivity contribution in [2.24, 2.45) is 0 Å². The van der Waals surface area contributed by atoms with E-state index < -0.39 is 23.6 Å².